The van der Waals surface area contributed by atoms with E-state index in [4.69, 9.17) is 4.74 Å². The van der Waals surface area contributed by atoms with Crippen molar-refractivity contribution in [2.45, 2.75) is 31.7 Å². The SMILES string of the molecule is CNC(Cc1ccc2c(c1)OCC2)C1CC=CC1. The van der Waals surface area contributed by atoms with E-state index < -0.39 is 0 Å². The second-order valence-corrected chi connectivity index (χ2v) is 5.34. The molecule has 1 aliphatic carbocycles. The summed E-state index contributed by atoms with van der Waals surface area (Å²) in [7, 11) is 2.08. The zero-order valence-electron chi connectivity index (χ0n) is 11.0. The zero-order valence-corrected chi connectivity index (χ0v) is 11.0. The van der Waals surface area contributed by atoms with Crippen molar-refractivity contribution in [2.75, 3.05) is 13.7 Å². The van der Waals surface area contributed by atoms with E-state index in [1.807, 2.05) is 0 Å². The summed E-state index contributed by atoms with van der Waals surface area (Å²) >= 11 is 0. The van der Waals surface area contributed by atoms with Crippen molar-refractivity contribution in [2.24, 2.45) is 5.92 Å². The highest BCUT2D eigenvalue weighted by molar-refractivity contribution is 5.40. The zero-order chi connectivity index (χ0) is 12.4. The van der Waals surface area contributed by atoms with Crippen LogP contribution in [0.15, 0.2) is 30.4 Å². The van der Waals surface area contributed by atoms with Crippen LogP contribution >= 0.6 is 0 Å². The molecule has 2 aliphatic rings. The molecule has 1 atom stereocenters. The first-order valence-electron chi connectivity index (χ1n) is 6.93. The molecule has 2 heteroatoms. The van der Waals surface area contributed by atoms with Crippen LogP contribution in [0.1, 0.15) is 24.0 Å². The highest BCUT2D eigenvalue weighted by Crippen LogP contribution is 2.28. The van der Waals surface area contributed by atoms with Crippen molar-refractivity contribution in [3.05, 3.63) is 41.5 Å². The molecule has 0 saturated carbocycles. The van der Waals surface area contributed by atoms with Crippen molar-refractivity contribution in [1.29, 1.82) is 0 Å². The standard InChI is InChI=1S/C16H21NO/c1-17-15(13-4-2-3-5-13)10-12-6-7-14-8-9-18-16(14)11-12/h2-3,6-7,11,13,15,17H,4-5,8-10H2,1H3. The maximum atomic E-state index is 5.65. The third-order valence-corrected chi connectivity index (χ3v) is 4.20. The predicted octanol–water partition coefficient (Wildman–Crippen LogP) is 2.72. The number of ether oxygens (including phenoxy) is 1. The lowest BCUT2D eigenvalue weighted by atomic mass is 9.91. The normalized spacial score (nSPS) is 19.8. The topological polar surface area (TPSA) is 21.3 Å². The van der Waals surface area contributed by atoms with Crippen LogP contribution in [0.3, 0.4) is 0 Å². The molecule has 1 N–H and O–H groups in total. The first-order valence-corrected chi connectivity index (χ1v) is 6.93. The van der Waals surface area contributed by atoms with Gasteiger partial charge in [-0.2, -0.15) is 0 Å². The molecular weight excluding hydrogens is 222 g/mol. The van der Waals surface area contributed by atoms with E-state index in [-0.39, 0.29) is 0 Å². The maximum absolute atomic E-state index is 5.65. The Labute approximate surface area is 109 Å². The minimum atomic E-state index is 0.569. The van der Waals surface area contributed by atoms with Crippen LogP contribution < -0.4 is 10.1 Å². The number of nitrogens with one attached hydrogen (secondary N) is 1. The van der Waals surface area contributed by atoms with Crippen LogP contribution in [-0.2, 0) is 12.8 Å². The van der Waals surface area contributed by atoms with Gasteiger partial charge in [-0.15, -0.1) is 0 Å². The van der Waals surface area contributed by atoms with E-state index in [2.05, 4.69) is 42.7 Å². The Hall–Kier alpha value is -1.28. The first kappa shape index (κ1) is 11.8. The summed E-state index contributed by atoms with van der Waals surface area (Å²) in [5.74, 6) is 1.86. The van der Waals surface area contributed by atoms with Gasteiger partial charge in [-0.3, -0.25) is 0 Å². The lowest BCUT2D eigenvalue weighted by molar-refractivity contribution is 0.355. The van der Waals surface area contributed by atoms with E-state index >= 15 is 0 Å². The first-order chi connectivity index (χ1) is 8.86. The number of benzene rings is 1. The molecule has 18 heavy (non-hydrogen) atoms. The third kappa shape index (κ3) is 2.30. The number of hydrogen-bond acceptors (Lipinski definition) is 2. The number of fused-ring (bicyclic) bond motifs is 1. The smallest absolute Gasteiger partial charge is 0.122 e. The molecule has 0 fully saturated rings. The van der Waals surface area contributed by atoms with Gasteiger partial charge in [0.1, 0.15) is 5.75 Å². The summed E-state index contributed by atoms with van der Waals surface area (Å²) in [6, 6.07) is 7.30. The summed E-state index contributed by atoms with van der Waals surface area (Å²) in [5.41, 5.74) is 2.75. The molecular formula is C16H21NO. The van der Waals surface area contributed by atoms with Crippen LogP contribution in [0.2, 0.25) is 0 Å². The quantitative estimate of drug-likeness (QED) is 0.821. The Balaban J connectivity index is 1.70. The van der Waals surface area contributed by atoms with Crippen molar-refractivity contribution in [3.63, 3.8) is 0 Å². The third-order valence-electron chi connectivity index (χ3n) is 4.20. The Kier molecular flexibility index (Phi) is 3.37. The monoisotopic (exact) mass is 243 g/mol. The molecule has 1 unspecified atom stereocenters. The molecule has 0 spiro atoms. The van der Waals surface area contributed by atoms with Crippen molar-refractivity contribution in [3.8, 4) is 5.75 Å². The average molecular weight is 243 g/mol. The molecule has 1 heterocycles. The van der Waals surface area contributed by atoms with E-state index in [0.29, 0.717) is 6.04 Å². The van der Waals surface area contributed by atoms with Gasteiger partial charge in [-0.1, -0.05) is 24.3 Å². The number of likely N-dealkylation sites (N-methyl/N-ethyl adjacent to an activating group) is 1. The van der Waals surface area contributed by atoms with Gasteiger partial charge >= 0.3 is 0 Å². The Morgan fingerprint density at radius 1 is 1.33 bits per heavy atom. The molecule has 0 aromatic heterocycles. The van der Waals surface area contributed by atoms with Gasteiger partial charge in [0.2, 0.25) is 0 Å². The molecule has 96 valence electrons. The molecule has 1 aromatic carbocycles. The van der Waals surface area contributed by atoms with Crippen LogP contribution in [0.25, 0.3) is 0 Å². The summed E-state index contributed by atoms with van der Waals surface area (Å²) in [5, 5.41) is 3.48. The van der Waals surface area contributed by atoms with Crippen LogP contribution in [0.5, 0.6) is 5.75 Å². The fraction of sp³-hybridized carbons (Fsp3) is 0.500. The Morgan fingerprint density at radius 3 is 2.94 bits per heavy atom. The van der Waals surface area contributed by atoms with Crippen molar-refractivity contribution >= 4 is 0 Å². The number of rotatable bonds is 4. The molecule has 0 amide bonds. The second kappa shape index (κ2) is 5.15. The molecule has 1 aromatic rings. The van der Waals surface area contributed by atoms with Gasteiger partial charge in [0.25, 0.3) is 0 Å². The van der Waals surface area contributed by atoms with Gasteiger partial charge in [0.05, 0.1) is 6.61 Å². The van der Waals surface area contributed by atoms with Gasteiger partial charge in [0, 0.05) is 12.5 Å². The number of hydrogen-bond donors (Lipinski definition) is 1. The van der Waals surface area contributed by atoms with Gasteiger partial charge in [-0.05, 0) is 49.4 Å². The van der Waals surface area contributed by atoms with E-state index in [9.17, 15) is 0 Å². The predicted molar refractivity (Wildman–Crippen MR) is 74.1 cm³/mol. The largest absolute Gasteiger partial charge is 0.493 e. The minimum Gasteiger partial charge on any atom is -0.493 e. The molecule has 0 radical (unpaired) electrons. The fourth-order valence-corrected chi connectivity index (χ4v) is 3.06. The second-order valence-electron chi connectivity index (χ2n) is 5.34. The van der Waals surface area contributed by atoms with Crippen LogP contribution in [0.4, 0.5) is 0 Å². The molecule has 0 saturated heterocycles. The van der Waals surface area contributed by atoms with Crippen molar-refractivity contribution in [1.82, 2.24) is 5.32 Å². The highest BCUT2D eigenvalue weighted by atomic mass is 16.5. The highest BCUT2D eigenvalue weighted by Gasteiger charge is 2.21. The van der Waals surface area contributed by atoms with E-state index in [1.54, 1.807) is 0 Å². The van der Waals surface area contributed by atoms with Gasteiger partial charge in [0.15, 0.2) is 0 Å². The molecule has 2 nitrogen and oxygen atoms in total. The summed E-state index contributed by atoms with van der Waals surface area (Å²) in [4.78, 5) is 0. The van der Waals surface area contributed by atoms with Crippen molar-refractivity contribution < 1.29 is 4.74 Å². The maximum Gasteiger partial charge on any atom is 0.122 e. The molecule has 0 bridgehead atoms. The van der Waals surface area contributed by atoms with Gasteiger partial charge in [-0.25, -0.2) is 0 Å². The van der Waals surface area contributed by atoms with Crippen LogP contribution in [0, 0.1) is 5.92 Å². The fourth-order valence-electron chi connectivity index (χ4n) is 3.06. The summed E-state index contributed by atoms with van der Waals surface area (Å²) < 4.78 is 5.65. The molecule has 1 aliphatic heterocycles. The van der Waals surface area contributed by atoms with E-state index in [0.717, 1.165) is 31.1 Å². The van der Waals surface area contributed by atoms with Gasteiger partial charge < -0.3 is 10.1 Å². The van der Waals surface area contributed by atoms with Crippen LogP contribution in [-0.4, -0.2) is 19.7 Å². The Bertz CT molecular complexity index is 444. The minimum absolute atomic E-state index is 0.569. The lowest BCUT2D eigenvalue weighted by Crippen LogP contribution is -2.34. The lowest BCUT2D eigenvalue weighted by Gasteiger charge is -2.23. The van der Waals surface area contributed by atoms with E-state index in [1.165, 1.54) is 24.0 Å². The summed E-state index contributed by atoms with van der Waals surface area (Å²) in [6.07, 6.45) is 9.21. The average Bonchev–Trinajstić information content (AvgIpc) is 3.06. The molecule has 3 rings (SSSR count). The number of allylic oxidation sites excluding steroid dienone is 2. The Morgan fingerprint density at radius 2 is 2.17 bits per heavy atom. The summed E-state index contributed by atoms with van der Waals surface area (Å²) in [6.45, 7) is 0.848.